The zero-order valence-corrected chi connectivity index (χ0v) is 8.86. The molecule has 0 amide bonds. The number of carbonyl (C=O) groups is 1. The highest BCUT2D eigenvalue weighted by molar-refractivity contribution is 5.88. The van der Waals surface area contributed by atoms with Crippen LogP contribution in [0, 0.1) is 0 Å². The van der Waals surface area contributed by atoms with Crippen LogP contribution in [-0.2, 0) is 11.3 Å². The number of carbonyl (C=O) groups excluding carboxylic acids is 1. The Balaban J connectivity index is 2.55. The Kier molecular flexibility index (Phi) is 2.46. The highest BCUT2D eigenvalue weighted by Crippen LogP contribution is 2.25. The van der Waals surface area contributed by atoms with Crippen molar-refractivity contribution in [2.24, 2.45) is 0 Å². The van der Waals surface area contributed by atoms with Crippen LogP contribution in [0.5, 0.6) is 5.75 Å². The molecule has 1 aromatic carbocycles. The maximum absolute atomic E-state index is 11.1. The standard InChI is InChI=1S/C12H13NO2/c1-9(14)8-13-7-6-10-11(13)4-3-5-12(10)15-2/h3-7H,8H2,1-2H3. The largest absolute Gasteiger partial charge is 0.496 e. The fourth-order valence-electron chi connectivity index (χ4n) is 1.75. The van der Waals surface area contributed by atoms with Crippen LogP contribution >= 0.6 is 0 Å². The summed E-state index contributed by atoms with van der Waals surface area (Å²) < 4.78 is 7.18. The fraction of sp³-hybridized carbons (Fsp3) is 0.250. The molecule has 78 valence electrons. The number of Topliss-reactive ketones (excluding diaryl/α,β-unsaturated/α-hetero) is 1. The molecule has 0 unspecified atom stereocenters. The van der Waals surface area contributed by atoms with E-state index >= 15 is 0 Å². The van der Waals surface area contributed by atoms with Crippen molar-refractivity contribution in [3.05, 3.63) is 30.5 Å². The predicted molar refractivity (Wildman–Crippen MR) is 59.2 cm³/mol. The molecular formula is C12H13NO2. The van der Waals surface area contributed by atoms with Crippen molar-refractivity contribution < 1.29 is 9.53 Å². The lowest BCUT2D eigenvalue weighted by Crippen LogP contribution is -2.04. The van der Waals surface area contributed by atoms with Crippen LogP contribution in [0.2, 0.25) is 0 Å². The van der Waals surface area contributed by atoms with Crippen molar-refractivity contribution in [3.63, 3.8) is 0 Å². The SMILES string of the molecule is COc1cccc2c1ccn2CC(C)=O. The van der Waals surface area contributed by atoms with Crippen molar-refractivity contribution >= 4 is 16.7 Å². The lowest BCUT2D eigenvalue weighted by atomic mass is 10.2. The summed E-state index contributed by atoms with van der Waals surface area (Å²) in [6, 6.07) is 7.80. The van der Waals surface area contributed by atoms with Crippen molar-refractivity contribution in [2.45, 2.75) is 13.5 Å². The van der Waals surface area contributed by atoms with Crippen LogP contribution in [0.4, 0.5) is 0 Å². The van der Waals surface area contributed by atoms with Gasteiger partial charge in [-0.1, -0.05) is 6.07 Å². The highest BCUT2D eigenvalue weighted by Gasteiger charge is 2.06. The number of aromatic nitrogens is 1. The summed E-state index contributed by atoms with van der Waals surface area (Å²) in [5, 5.41) is 1.04. The van der Waals surface area contributed by atoms with Gasteiger partial charge in [0.1, 0.15) is 11.5 Å². The van der Waals surface area contributed by atoms with Gasteiger partial charge in [0.25, 0.3) is 0 Å². The van der Waals surface area contributed by atoms with Gasteiger partial charge in [-0.2, -0.15) is 0 Å². The van der Waals surface area contributed by atoms with Gasteiger partial charge < -0.3 is 9.30 Å². The van der Waals surface area contributed by atoms with Crippen molar-refractivity contribution in [2.75, 3.05) is 7.11 Å². The second-order valence-electron chi connectivity index (χ2n) is 3.54. The van der Waals surface area contributed by atoms with E-state index < -0.39 is 0 Å². The normalized spacial score (nSPS) is 10.5. The molecule has 0 spiro atoms. The first-order chi connectivity index (χ1) is 7.22. The van der Waals surface area contributed by atoms with Crippen molar-refractivity contribution in [3.8, 4) is 5.75 Å². The summed E-state index contributed by atoms with van der Waals surface area (Å²) in [6.07, 6.45) is 1.91. The van der Waals surface area contributed by atoms with E-state index in [1.54, 1.807) is 14.0 Å². The molecule has 0 bridgehead atoms. The summed E-state index contributed by atoms with van der Waals surface area (Å²) >= 11 is 0. The van der Waals surface area contributed by atoms with Crippen LogP contribution in [0.1, 0.15) is 6.92 Å². The molecule has 0 aliphatic heterocycles. The lowest BCUT2D eigenvalue weighted by molar-refractivity contribution is -0.117. The molecule has 0 saturated heterocycles. The van der Waals surface area contributed by atoms with E-state index in [-0.39, 0.29) is 5.78 Å². The first-order valence-corrected chi connectivity index (χ1v) is 4.83. The number of nitrogens with zero attached hydrogens (tertiary/aromatic N) is 1. The van der Waals surface area contributed by atoms with E-state index in [1.165, 1.54) is 0 Å². The smallest absolute Gasteiger partial charge is 0.149 e. The third kappa shape index (κ3) is 1.73. The number of benzene rings is 1. The third-order valence-electron chi connectivity index (χ3n) is 2.39. The van der Waals surface area contributed by atoms with Crippen LogP contribution < -0.4 is 4.74 Å². The first-order valence-electron chi connectivity index (χ1n) is 4.83. The quantitative estimate of drug-likeness (QED) is 0.766. The maximum atomic E-state index is 11.1. The van der Waals surface area contributed by atoms with Crippen LogP contribution in [0.3, 0.4) is 0 Å². The number of fused-ring (bicyclic) bond motifs is 1. The zero-order chi connectivity index (χ0) is 10.8. The van der Waals surface area contributed by atoms with E-state index in [9.17, 15) is 4.79 Å². The van der Waals surface area contributed by atoms with Crippen molar-refractivity contribution in [1.82, 2.24) is 4.57 Å². The Morgan fingerprint density at radius 1 is 1.40 bits per heavy atom. The molecule has 0 N–H and O–H groups in total. The van der Waals surface area contributed by atoms with Crippen LogP contribution in [0.25, 0.3) is 10.9 Å². The minimum atomic E-state index is 0.148. The second kappa shape index (κ2) is 3.77. The van der Waals surface area contributed by atoms with E-state index in [1.807, 2.05) is 35.0 Å². The van der Waals surface area contributed by atoms with Gasteiger partial charge in [-0.15, -0.1) is 0 Å². The second-order valence-corrected chi connectivity index (χ2v) is 3.54. The molecule has 0 aliphatic carbocycles. The minimum Gasteiger partial charge on any atom is -0.496 e. The average Bonchev–Trinajstić information content (AvgIpc) is 2.61. The molecule has 0 saturated carbocycles. The predicted octanol–water partition coefficient (Wildman–Crippen LogP) is 2.24. The molecule has 1 heterocycles. The van der Waals surface area contributed by atoms with E-state index in [2.05, 4.69) is 0 Å². The Labute approximate surface area is 88.3 Å². The number of hydrogen-bond acceptors (Lipinski definition) is 2. The topological polar surface area (TPSA) is 31.2 Å². The van der Waals surface area contributed by atoms with Gasteiger partial charge in [-0.3, -0.25) is 4.79 Å². The van der Waals surface area contributed by atoms with E-state index in [4.69, 9.17) is 4.74 Å². The average molecular weight is 203 g/mol. The lowest BCUT2D eigenvalue weighted by Gasteiger charge is -2.04. The molecular weight excluding hydrogens is 190 g/mol. The Hall–Kier alpha value is -1.77. The van der Waals surface area contributed by atoms with E-state index in [0.29, 0.717) is 6.54 Å². The van der Waals surface area contributed by atoms with Gasteiger partial charge in [0, 0.05) is 11.6 Å². The van der Waals surface area contributed by atoms with Gasteiger partial charge in [0.2, 0.25) is 0 Å². The molecule has 3 nitrogen and oxygen atoms in total. The number of ketones is 1. The van der Waals surface area contributed by atoms with Gasteiger partial charge >= 0.3 is 0 Å². The molecule has 0 radical (unpaired) electrons. The van der Waals surface area contributed by atoms with Gasteiger partial charge in [0.15, 0.2) is 0 Å². The maximum Gasteiger partial charge on any atom is 0.149 e. The van der Waals surface area contributed by atoms with E-state index in [0.717, 1.165) is 16.7 Å². The summed E-state index contributed by atoms with van der Waals surface area (Å²) in [5.41, 5.74) is 1.03. The van der Waals surface area contributed by atoms with Crippen molar-refractivity contribution in [1.29, 1.82) is 0 Å². The monoisotopic (exact) mass is 203 g/mol. The minimum absolute atomic E-state index is 0.148. The first kappa shape index (κ1) is 9.77. The summed E-state index contributed by atoms with van der Waals surface area (Å²) in [7, 11) is 1.65. The molecule has 15 heavy (non-hydrogen) atoms. The number of hydrogen-bond donors (Lipinski definition) is 0. The Bertz CT molecular complexity index is 499. The zero-order valence-electron chi connectivity index (χ0n) is 8.86. The molecule has 1 aromatic heterocycles. The van der Waals surface area contributed by atoms with Gasteiger partial charge in [0.05, 0.1) is 19.2 Å². The summed E-state index contributed by atoms with van der Waals surface area (Å²) in [6.45, 7) is 2.00. The molecule has 0 fully saturated rings. The Morgan fingerprint density at radius 3 is 2.87 bits per heavy atom. The number of rotatable bonds is 3. The molecule has 2 rings (SSSR count). The van der Waals surface area contributed by atoms with Gasteiger partial charge in [-0.25, -0.2) is 0 Å². The fourth-order valence-corrected chi connectivity index (χ4v) is 1.75. The molecule has 3 heteroatoms. The van der Waals surface area contributed by atoms with Gasteiger partial charge in [-0.05, 0) is 25.1 Å². The Morgan fingerprint density at radius 2 is 2.20 bits per heavy atom. The number of methoxy groups -OCH3 is 1. The summed E-state index contributed by atoms with van der Waals surface area (Å²) in [4.78, 5) is 11.1. The molecule has 0 aliphatic rings. The number of ether oxygens (including phenoxy) is 1. The van der Waals surface area contributed by atoms with Crippen LogP contribution in [-0.4, -0.2) is 17.5 Å². The molecule has 0 atom stereocenters. The third-order valence-corrected chi connectivity index (χ3v) is 2.39. The highest BCUT2D eigenvalue weighted by atomic mass is 16.5. The molecule has 2 aromatic rings. The summed E-state index contributed by atoms with van der Waals surface area (Å²) in [5.74, 6) is 0.991. The van der Waals surface area contributed by atoms with Crippen LogP contribution in [0.15, 0.2) is 30.5 Å².